The number of nitrogens with one attached hydrogen (secondary N) is 1. The van der Waals surface area contributed by atoms with E-state index >= 15 is 0 Å². The van der Waals surface area contributed by atoms with Gasteiger partial charge in [-0.25, -0.2) is 4.57 Å². The monoisotopic (exact) mass is 122 g/mol. The summed E-state index contributed by atoms with van der Waals surface area (Å²) in [5.41, 5.74) is 9.59. The Morgan fingerprint density at radius 3 is 2.43 bits per heavy atom. The zero-order valence-corrected chi connectivity index (χ0v) is 4.31. The van der Waals surface area contributed by atoms with Crippen LogP contribution in [0.3, 0.4) is 0 Å². The summed E-state index contributed by atoms with van der Waals surface area (Å²) in [6.07, 6.45) is 0. The van der Waals surface area contributed by atoms with Crippen LogP contribution in [0.5, 0.6) is 0 Å². The molecule has 0 heterocycles. The van der Waals surface area contributed by atoms with Gasteiger partial charge in [-0.15, -0.1) is 0 Å². The molecule has 0 aromatic rings. The Morgan fingerprint density at radius 1 is 1.71 bits per heavy atom. The van der Waals surface area contributed by atoms with Gasteiger partial charge in [0.1, 0.15) is 0 Å². The molecule has 7 heavy (non-hydrogen) atoms. The Hall–Kier alpha value is -0.830. The van der Waals surface area contributed by atoms with E-state index in [2.05, 4.69) is 4.62 Å². The second kappa shape index (κ2) is 3.36. The molecule has 0 bridgehead atoms. The van der Waals surface area contributed by atoms with Crippen molar-refractivity contribution in [1.29, 1.82) is 0 Å². The molecule has 0 aliphatic rings. The van der Waals surface area contributed by atoms with Crippen molar-refractivity contribution in [3.05, 3.63) is 0 Å². The highest BCUT2D eigenvalue weighted by molar-refractivity contribution is 7.17. The van der Waals surface area contributed by atoms with Crippen LogP contribution in [0.25, 0.3) is 0 Å². The Bertz CT molecular complexity index is 86.9. The normalized spacial score (nSPS) is 8.00. The minimum absolute atomic E-state index is 0.122. The molecule has 0 amide bonds. The third-order valence-corrected chi connectivity index (χ3v) is 0.367. The first-order chi connectivity index (χ1) is 3.27. The Labute approximate surface area is 41.6 Å². The van der Waals surface area contributed by atoms with Crippen LogP contribution in [-0.4, -0.2) is 5.96 Å². The molecule has 0 spiro atoms. The second-order valence-corrected chi connectivity index (χ2v) is 1.05. The SMILES string of the molecule is NC(N)=[NH+]OP=O. The summed E-state index contributed by atoms with van der Waals surface area (Å²) in [6, 6.07) is 0. The van der Waals surface area contributed by atoms with Crippen LogP contribution in [-0.2, 0) is 9.19 Å². The molecule has 0 aliphatic carbocycles. The molecule has 0 aromatic carbocycles. The van der Waals surface area contributed by atoms with Gasteiger partial charge in [-0.05, 0) is 0 Å². The second-order valence-electron chi connectivity index (χ2n) is 0.723. The summed E-state index contributed by atoms with van der Waals surface area (Å²) in [6.45, 7) is 0. The van der Waals surface area contributed by atoms with E-state index in [0.717, 1.165) is 0 Å². The third-order valence-electron chi connectivity index (χ3n) is 0.201. The lowest BCUT2D eigenvalue weighted by molar-refractivity contribution is -0.704. The van der Waals surface area contributed by atoms with E-state index in [1.54, 1.807) is 0 Å². The molecule has 6 heteroatoms. The third kappa shape index (κ3) is 5.17. The number of rotatable bonds is 2. The van der Waals surface area contributed by atoms with Crippen LogP contribution in [0.15, 0.2) is 0 Å². The number of hydrogen-bond acceptors (Lipinski definition) is 2. The van der Waals surface area contributed by atoms with Crippen molar-refractivity contribution in [2.75, 3.05) is 0 Å². The maximum absolute atomic E-state index is 9.40. The van der Waals surface area contributed by atoms with Crippen molar-refractivity contribution in [2.45, 2.75) is 0 Å². The van der Waals surface area contributed by atoms with Crippen molar-refractivity contribution in [2.24, 2.45) is 11.5 Å². The lowest BCUT2D eigenvalue weighted by atomic mass is 11.1. The average Bonchev–Trinajstić information content (AvgIpc) is 1.61. The maximum Gasteiger partial charge on any atom is 0.435 e. The molecule has 0 atom stereocenters. The molecular weight excluding hydrogens is 117 g/mol. The quantitative estimate of drug-likeness (QED) is 0.163. The van der Waals surface area contributed by atoms with Gasteiger partial charge in [0.25, 0.3) is 0 Å². The summed E-state index contributed by atoms with van der Waals surface area (Å²) in [4.78, 5) is 0. The summed E-state index contributed by atoms with van der Waals surface area (Å²) in [7, 11) is -0.502. The van der Waals surface area contributed by atoms with Gasteiger partial charge in [0.2, 0.25) is 0 Å². The van der Waals surface area contributed by atoms with Crippen molar-refractivity contribution in [3.63, 3.8) is 0 Å². The molecule has 40 valence electrons. The Morgan fingerprint density at radius 2 is 2.29 bits per heavy atom. The fourth-order valence-corrected chi connectivity index (χ4v) is 0.214. The molecule has 0 radical (unpaired) electrons. The molecule has 0 aliphatic heterocycles. The van der Waals surface area contributed by atoms with E-state index in [-0.39, 0.29) is 5.96 Å². The maximum atomic E-state index is 9.40. The van der Waals surface area contributed by atoms with Crippen LogP contribution in [0.4, 0.5) is 0 Å². The van der Waals surface area contributed by atoms with Crippen LogP contribution in [0.2, 0.25) is 0 Å². The molecule has 0 saturated heterocycles. The van der Waals surface area contributed by atoms with E-state index in [1.165, 1.54) is 0 Å². The van der Waals surface area contributed by atoms with Crippen LogP contribution < -0.4 is 16.6 Å². The van der Waals surface area contributed by atoms with Crippen molar-refractivity contribution in [1.82, 2.24) is 0 Å². The molecule has 5 N–H and O–H groups in total. The van der Waals surface area contributed by atoms with Crippen LogP contribution >= 0.6 is 8.69 Å². The van der Waals surface area contributed by atoms with Gasteiger partial charge in [0.05, 0.1) is 0 Å². The Kier molecular flexibility index (Phi) is 2.96. The molecule has 0 rings (SSSR count). The fraction of sp³-hybridized carbons (Fsp3) is 0. The topological polar surface area (TPSA) is 92.3 Å². The minimum atomic E-state index is -0.502. The van der Waals surface area contributed by atoms with E-state index in [0.29, 0.717) is 0 Å². The summed E-state index contributed by atoms with van der Waals surface area (Å²) in [5.74, 6) is -0.122. The predicted octanol–water partition coefficient (Wildman–Crippen LogP) is -2.52. The fourth-order valence-electron chi connectivity index (χ4n) is 0.0713. The van der Waals surface area contributed by atoms with Crippen LogP contribution in [0, 0.1) is 0 Å². The van der Waals surface area contributed by atoms with Gasteiger partial charge < -0.3 is 0 Å². The lowest BCUT2D eigenvalue weighted by Gasteiger charge is -1.76. The number of nitrogens with two attached hydrogens (primary N) is 2. The largest absolute Gasteiger partial charge is 0.435 e. The van der Waals surface area contributed by atoms with Gasteiger partial charge in [0.15, 0.2) is 0 Å². The van der Waals surface area contributed by atoms with E-state index < -0.39 is 8.69 Å². The predicted molar refractivity (Wildman–Crippen MR) is 23.0 cm³/mol. The number of hydrogen-bond donors (Lipinski definition) is 3. The summed E-state index contributed by atoms with van der Waals surface area (Å²) >= 11 is 0. The van der Waals surface area contributed by atoms with E-state index in [1.807, 2.05) is 5.16 Å². The van der Waals surface area contributed by atoms with Gasteiger partial charge in [0, 0.05) is 0 Å². The van der Waals surface area contributed by atoms with Crippen molar-refractivity contribution < 1.29 is 14.3 Å². The standard InChI is InChI=1S/CH4N3O2P/c2-1(3)4-6-7-5/h(H4,2,3,4)/p+1. The molecular formula is CH5N3O2P+. The highest BCUT2D eigenvalue weighted by atomic mass is 31.1. The minimum Gasteiger partial charge on any atom is -0.288 e. The first kappa shape index (κ1) is 6.17. The van der Waals surface area contributed by atoms with Crippen molar-refractivity contribution in [3.8, 4) is 0 Å². The smallest absolute Gasteiger partial charge is 0.288 e. The van der Waals surface area contributed by atoms with Crippen molar-refractivity contribution >= 4 is 14.6 Å². The highest BCUT2D eigenvalue weighted by Crippen LogP contribution is 1.77. The molecule has 5 nitrogen and oxygen atoms in total. The Balaban J connectivity index is 3.25. The van der Waals surface area contributed by atoms with E-state index in [4.69, 9.17) is 11.5 Å². The first-order valence-electron chi connectivity index (χ1n) is 1.40. The first-order valence-corrected chi connectivity index (χ1v) is 2.13. The lowest BCUT2D eigenvalue weighted by Crippen LogP contribution is -2.75. The molecule has 0 fully saturated rings. The van der Waals surface area contributed by atoms with Gasteiger partial charge >= 0.3 is 14.6 Å². The average molecular weight is 122 g/mol. The molecule has 0 saturated carbocycles. The number of guanidine groups is 1. The zero-order valence-electron chi connectivity index (χ0n) is 3.42. The molecule has 0 aromatic heterocycles. The summed E-state index contributed by atoms with van der Waals surface area (Å²) in [5, 5.41) is 1.94. The molecule has 0 unspecified atom stereocenters. The highest BCUT2D eigenvalue weighted by Gasteiger charge is 1.81. The zero-order chi connectivity index (χ0) is 5.70. The van der Waals surface area contributed by atoms with Gasteiger partial charge in [-0.2, -0.15) is 0 Å². The van der Waals surface area contributed by atoms with E-state index in [9.17, 15) is 4.57 Å². The summed E-state index contributed by atoms with van der Waals surface area (Å²) < 4.78 is 13.4. The van der Waals surface area contributed by atoms with Crippen LogP contribution in [0.1, 0.15) is 0 Å². The van der Waals surface area contributed by atoms with Gasteiger partial charge in [-0.1, -0.05) is 5.16 Å². The van der Waals surface area contributed by atoms with Gasteiger partial charge in [-0.3, -0.25) is 16.1 Å².